The largest absolute Gasteiger partial charge is 0.379 e. The highest BCUT2D eigenvalue weighted by molar-refractivity contribution is 7.98. The maximum Gasteiger partial charge on any atom is 0.0585 e. The third-order valence-corrected chi connectivity index (χ3v) is 4.57. The molecule has 0 bridgehead atoms. The molecule has 1 saturated heterocycles. The van der Waals surface area contributed by atoms with E-state index in [1.807, 2.05) is 0 Å². The number of hydrogen-bond acceptors (Lipinski definition) is 3. The van der Waals surface area contributed by atoms with Crippen molar-refractivity contribution in [2.75, 3.05) is 26.0 Å². The molecule has 0 radical (unpaired) electrons. The summed E-state index contributed by atoms with van der Waals surface area (Å²) >= 11 is 1.78. The molecule has 2 nitrogen and oxygen atoms in total. The summed E-state index contributed by atoms with van der Waals surface area (Å²) in [6, 6.07) is 8.91. The molecule has 0 saturated carbocycles. The summed E-state index contributed by atoms with van der Waals surface area (Å²) in [6.07, 6.45) is 3.20. The van der Waals surface area contributed by atoms with E-state index in [0.717, 1.165) is 26.2 Å². The first kappa shape index (κ1) is 13.9. The van der Waals surface area contributed by atoms with Crippen LogP contribution in [0.25, 0.3) is 0 Å². The van der Waals surface area contributed by atoms with Gasteiger partial charge in [-0.05, 0) is 42.3 Å². The van der Waals surface area contributed by atoms with Crippen molar-refractivity contribution in [2.24, 2.45) is 11.1 Å². The molecule has 1 aromatic carbocycles. The Balaban J connectivity index is 2.21. The van der Waals surface area contributed by atoms with E-state index in [1.54, 1.807) is 11.8 Å². The Bertz CT molecular complexity index is 395. The summed E-state index contributed by atoms with van der Waals surface area (Å²) in [5.74, 6) is 0. The lowest BCUT2D eigenvalue weighted by Crippen LogP contribution is -2.50. The number of nitrogens with two attached hydrogens (primary N) is 1. The van der Waals surface area contributed by atoms with Gasteiger partial charge in [0.15, 0.2) is 0 Å². The van der Waals surface area contributed by atoms with Gasteiger partial charge in [-0.3, -0.25) is 0 Å². The lowest BCUT2D eigenvalue weighted by Gasteiger charge is -2.46. The molecule has 0 amide bonds. The molecule has 1 fully saturated rings. The van der Waals surface area contributed by atoms with E-state index in [2.05, 4.69) is 44.4 Å². The van der Waals surface area contributed by atoms with Crippen molar-refractivity contribution in [1.29, 1.82) is 0 Å². The molecule has 0 aromatic heterocycles. The molecular weight excluding hydrogens is 242 g/mol. The van der Waals surface area contributed by atoms with Gasteiger partial charge in [-0.25, -0.2) is 0 Å². The van der Waals surface area contributed by atoms with Crippen molar-refractivity contribution in [3.05, 3.63) is 29.8 Å². The summed E-state index contributed by atoms with van der Waals surface area (Å²) in [4.78, 5) is 1.31. The van der Waals surface area contributed by atoms with E-state index in [4.69, 9.17) is 10.5 Å². The van der Waals surface area contributed by atoms with E-state index in [0.29, 0.717) is 0 Å². The fourth-order valence-corrected chi connectivity index (χ4v) is 3.06. The fourth-order valence-electron chi connectivity index (χ4n) is 2.65. The van der Waals surface area contributed by atoms with Gasteiger partial charge in [-0.2, -0.15) is 0 Å². The summed E-state index contributed by atoms with van der Waals surface area (Å²) in [5, 5.41) is 0. The second-order valence-electron chi connectivity index (χ2n) is 6.05. The van der Waals surface area contributed by atoms with E-state index in [1.165, 1.54) is 10.5 Å². The van der Waals surface area contributed by atoms with Crippen molar-refractivity contribution in [3.8, 4) is 0 Å². The van der Waals surface area contributed by atoms with Crippen LogP contribution < -0.4 is 5.73 Å². The number of rotatable bonds is 5. The minimum absolute atomic E-state index is 0.169. The number of hydrogen-bond donors (Lipinski definition) is 1. The summed E-state index contributed by atoms with van der Waals surface area (Å²) in [7, 11) is 0. The molecule has 1 aliphatic heterocycles. The summed E-state index contributed by atoms with van der Waals surface area (Å²) in [6.45, 7) is 6.86. The third kappa shape index (κ3) is 2.73. The Morgan fingerprint density at radius 2 is 1.89 bits per heavy atom. The molecule has 0 aliphatic carbocycles. The van der Waals surface area contributed by atoms with Crippen molar-refractivity contribution in [2.45, 2.75) is 30.6 Å². The lowest BCUT2D eigenvalue weighted by molar-refractivity contribution is -0.0786. The van der Waals surface area contributed by atoms with Gasteiger partial charge in [0, 0.05) is 10.3 Å². The van der Waals surface area contributed by atoms with Gasteiger partial charge in [0.2, 0.25) is 0 Å². The van der Waals surface area contributed by atoms with Gasteiger partial charge < -0.3 is 10.5 Å². The van der Waals surface area contributed by atoms with Gasteiger partial charge in [0.05, 0.1) is 13.2 Å². The highest BCUT2D eigenvalue weighted by Crippen LogP contribution is 2.42. The first-order valence-electron chi connectivity index (χ1n) is 6.44. The highest BCUT2D eigenvalue weighted by Gasteiger charge is 2.43. The quantitative estimate of drug-likeness (QED) is 0.831. The fraction of sp³-hybridized carbons (Fsp3) is 0.600. The molecule has 1 aromatic rings. The average Bonchev–Trinajstić information content (AvgIpc) is 2.34. The SMILES string of the molecule is CSc1ccc(C2(CC(C)(C)CN)COC2)cc1. The monoisotopic (exact) mass is 265 g/mol. The Morgan fingerprint density at radius 3 is 2.28 bits per heavy atom. The highest BCUT2D eigenvalue weighted by atomic mass is 32.2. The smallest absolute Gasteiger partial charge is 0.0585 e. The average molecular weight is 265 g/mol. The molecule has 2 rings (SSSR count). The number of thioether (sulfide) groups is 1. The molecule has 1 aliphatic rings. The van der Waals surface area contributed by atoms with Crippen LogP contribution in [0, 0.1) is 5.41 Å². The van der Waals surface area contributed by atoms with Gasteiger partial charge in [-0.1, -0.05) is 26.0 Å². The normalized spacial score (nSPS) is 18.4. The van der Waals surface area contributed by atoms with Crippen LogP contribution in [0.2, 0.25) is 0 Å². The Morgan fingerprint density at radius 1 is 1.28 bits per heavy atom. The first-order valence-corrected chi connectivity index (χ1v) is 7.66. The van der Waals surface area contributed by atoms with Crippen LogP contribution in [0.4, 0.5) is 0 Å². The molecule has 0 unspecified atom stereocenters. The molecule has 0 atom stereocenters. The van der Waals surface area contributed by atoms with Crippen LogP contribution >= 0.6 is 11.8 Å². The zero-order valence-electron chi connectivity index (χ0n) is 11.5. The Hall–Kier alpha value is -0.510. The zero-order valence-corrected chi connectivity index (χ0v) is 12.3. The predicted octanol–water partition coefficient (Wildman–Crippen LogP) is 3.05. The maximum atomic E-state index is 5.87. The Kier molecular flexibility index (Phi) is 4.05. The van der Waals surface area contributed by atoms with Gasteiger partial charge >= 0.3 is 0 Å². The topological polar surface area (TPSA) is 35.2 Å². The molecule has 3 heteroatoms. The van der Waals surface area contributed by atoms with Crippen molar-refractivity contribution in [1.82, 2.24) is 0 Å². The number of benzene rings is 1. The molecular formula is C15H23NOS. The van der Waals surface area contributed by atoms with Crippen LogP contribution in [0.5, 0.6) is 0 Å². The minimum Gasteiger partial charge on any atom is -0.379 e. The molecule has 0 spiro atoms. The van der Waals surface area contributed by atoms with Gasteiger partial charge in [0.25, 0.3) is 0 Å². The van der Waals surface area contributed by atoms with Crippen molar-refractivity contribution in [3.63, 3.8) is 0 Å². The molecule has 100 valence electrons. The second-order valence-corrected chi connectivity index (χ2v) is 6.93. The maximum absolute atomic E-state index is 5.87. The van der Waals surface area contributed by atoms with Crippen LogP contribution in [0.3, 0.4) is 0 Å². The van der Waals surface area contributed by atoms with Crippen LogP contribution in [-0.2, 0) is 10.2 Å². The van der Waals surface area contributed by atoms with E-state index in [-0.39, 0.29) is 10.8 Å². The molecule has 18 heavy (non-hydrogen) atoms. The summed E-state index contributed by atoms with van der Waals surface area (Å²) in [5.41, 5.74) is 7.62. The third-order valence-electron chi connectivity index (χ3n) is 3.83. The standard InChI is InChI=1S/C15H23NOS/c1-14(2,9-16)8-15(10-17-11-15)12-4-6-13(18-3)7-5-12/h4-7H,8-11,16H2,1-3H3. The molecule has 2 N–H and O–H groups in total. The predicted molar refractivity (Wildman–Crippen MR) is 78.2 cm³/mol. The van der Waals surface area contributed by atoms with Gasteiger partial charge in [-0.15, -0.1) is 11.8 Å². The minimum atomic E-state index is 0.169. The summed E-state index contributed by atoms with van der Waals surface area (Å²) < 4.78 is 5.49. The van der Waals surface area contributed by atoms with Crippen LogP contribution in [0.15, 0.2) is 29.2 Å². The van der Waals surface area contributed by atoms with Crippen molar-refractivity contribution < 1.29 is 4.74 Å². The lowest BCUT2D eigenvalue weighted by atomic mass is 9.68. The van der Waals surface area contributed by atoms with E-state index in [9.17, 15) is 0 Å². The van der Waals surface area contributed by atoms with E-state index >= 15 is 0 Å². The second kappa shape index (κ2) is 5.24. The van der Waals surface area contributed by atoms with Crippen LogP contribution in [0.1, 0.15) is 25.8 Å². The first-order chi connectivity index (χ1) is 8.51. The van der Waals surface area contributed by atoms with Crippen molar-refractivity contribution >= 4 is 11.8 Å². The van der Waals surface area contributed by atoms with E-state index < -0.39 is 0 Å². The number of ether oxygens (including phenoxy) is 1. The van der Waals surface area contributed by atoms with Crippen LogP contribution in [-0.4, -0.2) is 26.0 Å². The zero-order chi connectivity index (χ0) is 13.2. The Labute approximate surface area is 114 Å². The molecule has 1 heterocycles. The van der Waals surface area contributed by atoms with Gasteiger partial charge in [0.1, 0.15) is 0 Å².